The molecule has 1 fully saturated rings. The molecule has 2 heterocycles. The van der Waals surface area contributed by atoms with E-state index in [9.17, 15) is 19.2 Å². The average Bonchev–Trinajstić information content (AvgIpc) is 3.16. The standard InChI is InChI=1S/C25H22BrFN2O9/c1-34-16-7-3-14(4-8-16)21(31)36-13-18-20(38-22(32)15-5-9-17(35-2)10-6-15)25(26,27)23(37-18)29-12-11-19(30)28-24(29)33/h3-12,18,20,23H,13H2,1-2H3,(H,28,30,33)/t18-,20-,23?,25-/m1/s1. The molecule has 0 amide bonds. The summed E-state index contributed by atoms with van der Waals surface area (Å²) >= 11 is 2.90. The van der Waals surface area contributed by atoms with Crippen LogP contribution in [-0.4, -0.2) is 59.1 Å². The lowest BCUT2D eigenvalue weighted by atomic mass is 10.1. The molecular formula is C25H22BrFN2O9. The number of alkyl halides is 2. The van der Waals surface area contributed by atoms with E-state index in [1.54, 1.807) is 12.1 Å². The molecule has 0 bridgehead atoms. The number of methoxy groups -OCH3 is 2. The van der Waals surface area contributed by atoms with Crippen LogP contribution in [0.15, 0.2) is 70.4 Å². The third kappa shape index (κ3) is 5.63. The lowest BCUT2D eigenvalue weighted by molar-refractivity contribution is -0.0597. The second-order valence-electron chi connectivity index (χ2n) is 8.10. The monoisotopic (exact) mass is 592 g/mol. The average molecular weight is 593 g/mol. The van der Waals surface area contributed by atoms with Crippen LogP contribution in [0.3, 0.4) is 0 Å². The molecular weight excluding hydrogens is 571 g/mol. The Bertz CT molecular complexity index is 1420. The summed E-state index contributed by atoms with van der Waals surface area (Å²) in [4.78, 5) is 51.3. The lowest BCUT2D eigenvalue weighted by Gasteiger charge is -2.26. The van der Waals surface area contributed by atoms with Crippen LogP contribution < -0.4 is 20.7 Å². The molecule has 200 valence electrons. The van der Waals surface area contributed by atoms with Gasteiger partial charge in [-0.25, -0.2) is 18.8 Å². The van der Waals surface area contributed by atoms with Gasteiger partial charge in [-0.15, -0.1) is 0 Å². The Labute approximate surface area is 223 Å². The highest BCUT2D eigenvalue weighted by Crippen LogP contribution is 2.47. The quantitative estimate of drug-likeness (QED) is 0.309. The Morgan fingerprint density at radius 1 is 0.974 bits per heavy atom. The van der Waals surface area contributed by atoms with Crippen molar-refractivity contribution in [1.29, 1.82) is 0 Å². The first-order chi connectivity index (χ1) is 18.1. The van der Waals surface area contributed by atoms with Crippen molar-refractivity contribution in [1.82, 2.24) is 9.55 Å². The summed E-state index contributed by atoms with van der Waals surface area (Å²) in [7, 11) is 2.94. The molecule has 1 aliphatic rings. The zero-order valence-electron chi connectivity index (χ0n) is 20.1. The van der Waals surface area contributed by atoms with Crippen LogP contribution >= 0.6 is 15.9 Å². The number of hydrogen-bond donors (Lipinski definition) is 1. The Kier molecular flexibility index (Phi) is 7.97. The Morgan fingerprint density at radius 2 is 1.53 bits per heavy atom. The predicted octanol–water partition coefficient (Wildman–Crippen LogP) is 2.59. The van der Waals surface area contributed by atoms with Gasteiger partial charge in [-0.2, -0.15) is 0 Å². The van der Waals surface area contributed by atoms with Gasteiger partial charge in [0.15, 0.2) is 12.3 Å². The molecule has 1 N–H and O–H groups in total. The number of rotatable bonds is 8. The maximum Gasteiger partial charge on any atom is 0.338 e. The number of halogens is 2. The number of benzene rings is 2. The van der Waals surface area contributed by atoms with E-state index in [1.165, 1.54) is 50.6 Å². The molecule has 0 radical (unpaired) electrons. The Hall–Kier alpha value is -3.97. The topological polar surface area (TPSA) is 135 Å². The molecule has 0 saturated carbocycles. The number of nitrogens with zero attached hydrogens (tertiary/aromatic N) is 1. The summed E-state index contributed by atoms with van der Waals surface area (Å²) in [6.07, 6.45) is -3.67. The van der Waals surface area contributed by atoms with Crippen molar-refractivity contribution < 1.29 is 37.7 Å². The number of esters is 2. The number of H-pyrrole nitrogens is 1. The Morgan fingerprint density at radius 3 is 2.05 bits per heavy atom. The van der Waals surface area contributed by atoms with Crippen molar-refractivity contribution in [3.8, 4) is 11.5 Å². The number of ether oxygens (including phenoxy) is 5. The lowest BCUT2D eigenvalue weighted by Crippen LogP contribution is -2.44. The molecule has 2 aromatic carbocycles. The number of carbonyl (C=O) groups excluding carboxylic acids is 2. The first-order valence-corrected chi connectivity index (χ1v) is 11.9. The molecule has 3 aromatic rings. The zero-order chi connectivity index (χ0) is 27.4. The van der Waals surface area contributed by atoms with Crippen LogP contribution in [-0.2, 0) is 14.2 Å². The SMILES string of the molecule is COc1ccc(C(=O)OC[C@H]2OC(n3ccc(=O)[nH]c3=O)[C@@](F)(Br)[C@@H]2OC(=O)c2ccc(OC)cc2)cc1. The Balaban J connectivity index is 1.59. The van der Waals surface area contributed by atoms with Gasteiger partial charge in [0.25, 0.3) is 5.56 Å². The van der Waals surface area contributed by atoms with Crippen molar-refractivity contribution in [2.75, 3.05) is 20.8 Å². The minimum Gasteiger partial charge on any atom is -0.497 e. The maximum absolute atomic E-state index is 16.2. The third-order valence-corrected chi connectivity index (χ3v) is 6.56. The van der Waals surface area contributed by atoms with E-state index in [4.69, 9.17) is 23.7 Å². The number of hydrogen-bond acceptors (Lipinski definition) is 9. The molecule has 1 aliphatic heterocycles. The van der Waals surface area contributed by atoms with Crippen molar-refractivity contribution >= 4 is 27.9 Å². The van der Waals surface area contributed by atoms with E-state index >= 15 is 4.39 Å². The molecule has 1 saturated heterocycles. The van der Waals surface area contributed by atoms with Crippen LogP contribution in [0, 0.1) is 0 Å². The molecule has 1 aromatic heterocycles. The van der Waals surface area contributed by atoms with Gasteiger partial charge < -0.3 is 23.7 Å². The van der Waals surface area contributed by atoms with E-state index in [0.717, 1.165) is 16.8 Å². The van der Waals surface area contributed by atoms with Gasteiger partial charge in [-0.1, -0.05) is 0 Å². The number of nitrogens with one attached hydrogen (secondary N) is 1. The summed E-state index contributed by atoms with van der Waals surface area (Å²) in [5, 5.41) is 0. The largest absolute Gasteiger partial charge is 0.497 e. The van der Waals surface area contributed by atoms with Crippen LogP contribution in [0.25, 0.3) is 0 Å². The van der Waals surface area contributed by atoms with E-state index in [2.05, 4.69) is 15.9 Å². The van der Waals surface area contributed by atoms with Crippen molar-refractivity contribution in [3.63, 3.8) is 0 Å². The summed E-state index contributed by atoms with van der Waals surface area (Å²) in [6, 6.07) is 13.0. The van der Waals surface area contributed by atoms with Crippen molar-refractivity contribution in [2.24, 2.45) is 0 Å². The normalized spacial score (nSPS) is 22.5. The van der Waals surface area contributed by atoms with Gasteiger partial charge in [0.1, 0.15) is 24.2 Å². The van der Waals surface area contributed by atoms with Crippen LogP contribution in [0.4, 0.5) is 4.39 Å². The zero-order valence-corrected chi connectivity index (χ0v) is 21.7. The van der Waals surface area contributed by atoms with E-state index in [-0.39, 0.29) is 11.1 Å². The van der Waals surface area contributed by atoms with Crippen LogP contribution in [0.5, 0.6) is 11.5 Å². The first-order valence-electron chi connectivity index (χ1n) is 11.1. The maximum atomic E-state index is 16.2. The minimum absolute atomic E-state index is 0.0905. The molecule has 1 unspecified atom stereocenters. The smallest absolute Gasteiger partial charge is 0.338 e. The number of carbonyl (C=O) groups is 2. The number of aromatic amines is 1. The highest BCUT2D eigenvalue weighted by molar-refractivity contribution is 9.10. The third-order valence-electron chi connectivity index (χ3n) is 5.72. The van der Waals surface area contributed by atoms with Crippen LogP contribution in [0.1, 0.15) is 26.9 Å². The molecule has 4 rings (SSSR count). The van der Waals surface area contributed by atoms with Gasteiger partial charge in [0, 0.05) is 12.3 Å². The molecule has 0 spiro atoms. The fourth-order valence-electron chi connectivity index (χ4n) is 3.74. The van der Waals surface area contributed by atoms with Crippen molar-refractivity contribution in [3.05, 3.63) is 92.8 Å². The first kappa shape index (κ1) is 27.1. The van der Waals surface area contributed by atoms with E-state index < -0.39 is 52.8 Å². The van der Waals surface area contributed by atoms with E-state index in [0.29, 0.717) is 11.5 Å². The fourth-order valence-corrected chi connectivity index (χ4v) is 4.46. The van der Waals surface area contributed by atoms with E-state index in [1.807, 2.05) is 4.98 Å². The van der Waals surface area contributed by atoms with Crippen LogP contribution in [0.2, 0.25) is 0 Å². The highest BCUT2D eigenvalue weighted by atomic mass is 79.9. The predicted molar refractivity (Wildman–Crippen MR) is 133 cm³/mol. The van der Waals surface area contributed by atoms with Gasteiger partial charge in [0.2, 0.25) is 4.58 Å². The highest BCUT2D eigenvalue weighted by Gasteiger charge is 2.60. The summed E-state index contributed by atoms with van der Waals surface area (Å²) in [6.45, 7) is -0.530. The van der Waals surface area contributed by atoms with Gasteiger partial charge in [-0.05, 0) is 64.5 Å². The number of aromatic nitrogens is 2. The second-order valence-corrected chi connectivity index (χ2v) is 9.32. The molecule has 38 heavy (non-hydrogen) atoms. The summed E-state index contributed by atoms with van der Waals surface area (Å²) < 4.78 is 40.9. The van der Waals surface area contributed by atoms with Gasteiger partial charge in [-0.3, -0.25) is 14.3 Å². The molecule has 13 heteroatoms. The second kappa shape index (κ2) is 11.2. The fraction of sp³-hybridized carbons (Fsp3) is 0.280. The molecule has 0 aliphatic carbocycles. The summed E-state index contributed by atoms with van der Waals surface area (Å²) in [5.74, 6) is -0.627. The van der Waals surface area contributed by atoms with Crippen molar-refractivity contribution in [2.45, 2.75) is 23.0 Å². The van der Waals surface area contributed by atoms with Gasteiger partial charge >= 0.3 is 17.6 Å². The molecule has 11 nitrogen and oxygen atoms in total. The molecule has 4 atom stereocenters. The van der Waals surface area contributed by atoms with Gasteiger partial charge in [0.05, 0.1) is 25.3 Å². The summed E-state index contributed by atoms with van der Waals surface area (Å²) in [5.41, 5.74) is -1.38. The minimum atomic E-state index is -2.66.